The van der Waals surface area contributed by atoms with E-state index in [0.29, 0.717) is 0 Å². The van der Waals surface area contributed by atoms with Gasteiger partial charge in [-0.15, -0.1) is 0 Å². The van der Waals surface area contributed by atoms with E-state index in [0.717, 1.165) is 22.2 Å². The van der Waals surface area contributed by atoms with E-state index in [2.05, 4.69) is 22.0 Å². The highest BCUT2D eigenvalue weighted by Gasteiger charge is 2.20. The molecule has 2 unspecified atom stereocenters. The molecule has 0 saturated heterocycles. The van der Waals surface area contributed by atoms with E-state index in [-0.39, 0.29) is 12.0 Å². The van der Waals surface area contributed by atoms with Crippen molar-refractivity contribution in [1.29, 1.82) is 5.26 Å². The Hall–Kier alpha value is -1.05. The van der Waals surface area contributed by atoms with Crippen molar-refractivity contribution in [2.45, 2.75) is 19.4 Å². The summed E-state index contributed by atoms with van der Waals surface area (Å²) in [6, 6.07) is 7.56. The summed E-state index contributed by atoms with van der Waals surface area (Å²) < 4.78 is 6.19. The molecule has 0 heterocycles. The van der Waals surface area contributed by atoms with Crippen LogP contribution in [0.1, 0.15) is 24.9 Å². The Bertz CT molecular complexity index is 400. The quantitative estimate of drug-likeness (QED) is 0.924. The molecule has 0 aliphatic heterocycles. The fraction of sp³-hybridized carbons (Fsp3) is 0.417. The molecule has 3 nitrogen and oxygen atoms in total. The normalized spacial score (nSPS) is 13.9. The van der Waals surface area contributed by atoms with Crippen LogP contribution in [0.5, 0.6) is 5.75 Å². The summed E-state index contributed by atoms with van der Waals surface area (Å²) in [5, 5.41) is 9.01. The highest BCUT2D eigenvalue weighted by molar-refractivity contribution is 9.10. The van der Waals surface area contributed by atoms with Gasteiger partial charge in [-0.1, -0.05) is 22.9 Å². The minimum atomic E-state index is -0.317. The minimum absolute atomic E-state index is 0.191. The van der Waals surface area contributed by atoms with Crippen molar-refractivity contribution >= 4 is 15.9 Å². The van der Waals surface area contributed by atoms with Gasteiger partial charge in [-0.3, -0.25) is 0 Å². The highest BCUT2D eigenvalue weighted by atomic mass is 79.9. The van der Waals surface area contributed by atoms with E-state index >= 15 is 0 Å². The second-order valence-electron chi connectivity index (χ2n) is 3.56. The van der Waals surface area contributed by atoms with Crippen molar-refractivity contribution in [1.82, 2.24) is 0 Å². The van der Waals surface area contributed by atoms with Gasteiger partial charge >= 0.3 is 0 Å². The fourth-order valence-electron chi connectivity index (χ4n) is 1.61. The SMILES string of the molecule is CCC(C#N)C(N)c1cc(Br)ccc1OC. The number of nitrogens with zero attached hydrogens (tertiary/aromatic N) is 1. The summed E-state index contributed by atoms with van der Waals surface area (Å²) in [6.07, 6.45) is 0.729. The third-order valence-corrected chi connectivity index (χ3v) is 3.08. The monoisotopic (exact) mass is 282 g/mol. The molecule has 16 heavy (non-hydrogen) atoms. The molecular formula is C12H15BrN2O. The first-order chi connectivity index (χ1) is 7.63. The molecule has 0 aliphatic carbocycles. The summed E-state index contributed by atoms with van der Waals surface area (Å²) in [4.78, 5) is 0. The molecule has 0 fully saturated rings. The summed E-state index contributed by atoms with van der Waals surface area (Å²) in [5.41, 5.74) is 6.95. The number of halogens is 1. The van der Waals surface area contributed by atoms with Crippen LogP contribution in [0.4, 0.5) is 0 Å². The average molecular weight is 283 g/mol. The van der Waals surface area contributed by atoms with Gasteiger partial charge in [0.25, 0.3) is 0 Å². The second kappa shape index (κ2) is 5.88. The molecule has 0 spiro atoms. The summed E-state index contributed by atoms with van der Waals surface area (Å²) in [5.74, 6) is 0.535. The van der Waals surface area contributed by atoms with Crippen molar-refractivity contribution in [3.05, 3.63) is 28.2 Å². The van der Waals surface area contributed by atoms with Gasteiger partial charge in [0.1, 0.15) is 5.75 Å². The number of nitrogens with two attached hydrogens (primary N) is 1. The Morgan fingerprint density at radius 2 is 2.25 bits per heavy atom. The molecule has 2 atom stereocenters. The number of rotatable bonds is 4. The van der Waals surface area contributed by atoms with Crippen LogP contribution in [0.2, 0.25) is 0 Å². The third-order valence-electron chi connectivity index (χ3n) is 2.59. The molecule has 0 radical (unpaired) electrons. The Balaban J connectivity index is 3.11. The van der Waals surface area contributed by atoms with Crippen LogP contribution >= 0.6 is 15.9 Å². The first-order valence-corrected chi connectivity index (χ1v) is 5.92. The van der Waals surface area contributed by atoms with Gasteiger partial charge in [0.05, 0.1) is 19.1 Å². The number of ether oxygens (including phenoxy) is 1. The van der Waals surface area contributed by atoms with E-state index < -0.39 is 0 Å². The zero-order chi connectivity index (χ0) is 12.1. The van der Waals surface area contributed by atoms with Crippen LogP contribution in [0.3, 0.4) is 0 Å². The predicted molar refractivity (Wildman–Crippen MR) is 67.0 cm³/mol. The van der Waals surface area contributed by atoms with Gasteiger partial charge in [-0.2, -0.15) is 5.26 Å². The van der Waals surface area contributed by atoms with E-state index in [4.69, 9.17) is 15.7 Å². The van der Waals surface area contributed by atoms with Crippen LogP contribution in [-0.2, 0) is 0 Å². The van der Waals surface area contributed by atoms with Gasteiger partial charge in [-0.25, -0.2) is 0 Å². The fourth-order valence-corrected chi connectivity index (χ4v) is 1.99. The Labute approximate surface area is 104 Å². The topological polar surface area (TPSA) is 59.0 Å². The molecular weight excluding hydrogens is 268 g/mol. The van der Waals surface area contributed by atoms with Crippen molar-refractivity contribution in [2.75, 3.05) is 7.11 Å². The Morgan fingerprint density at radius 3 is 2.75 bits per heavy atom. The number of benzene rings is 1. The lowest BCUT2D eigenvalue weighted by atomic mass is 9.92. The summed E-state index contributed by atoms with van der Waals surface area (Å²) in [7, 11) is 1.60. The lowest BCUT2D eigenvalue weighted by molar-refractivity contribution is 0.397. The van der Waals surface area contributed by atoms with Crippen molar-refractivity contribution in [2.24, 2.45) is 11.7 Å². The Kier molecular flexibility index (Phi) is 4.78. The lowest BCUT2D eigenvalue weighted by Gasteiger charge is -2.19. The molecule has 1 aromatic carbocycles. The molecule has 0 bridgehead atoms. The van der Waals surface area contributed by atoms with E-state index in [1.807, 2.05) is 25.1 Å². The summed E-state index contributed by atoms with van der Waals surface area (Å²) >= 11 is 3.39. The van der Waals surface area contributed by atoms with E-state index in [1.54, 1.807) is 7.11 Å². The number of methoxy groups -OCH3 is 1. The van der Waals surface area contributed by atoms with Gasteiger partial charge < -0.3 is 10.5 Å². The predicted octanol–water partition coefficient (Wildman–Crippen LogP) is 3.01. The van der Waals surface area contributed by atoms with Crippen LogP contribution in [-0.4, -0.2) is 7.11 Å². The highest BCUT2D eigenvalue weighted by Crippen LogP contribution is 2.31. The van der Waals surface area contributed by atoms with Gasteiger partial charge in [0, 0.05) is 16.1 Å². The van der Waals surface area contributed by atoms with Crippen LogP contribution in [0.15, 0.2) is 22.7 Å². The molecule has 2 N–H and O–H groups in total. The van der Waals surface area contributed by atoms with E-state index in [9.17, 15) is 0 Å². The zero-order valence-electron chi connectivity index (χ0n) is 9.40. The number of hydrogen-bond donors (Lipinski definition) is 1. The molecule has 1 aromatic rings. The molecule has 0 aromatic heterocycles. The Morgan fingerprint density at radius 1 is 1.56 bits per heavy atom. The van der Waals surface area contributed by atoms with Gasteiger partial charge in [0.2, 0.25) is 0 Å². The second-order valence-corrected chi connectivity index (χ2v) is 4.47. The first kappa shape index (κ1) is 13.0. The van der Waals surface area contributed by atoms with Crippen LogP contribution in [0.25, 0.3) is 0 Å². The molecule has 4 heteroatoms. The third kappa shape index (κ3) is 2.75. The molecule has 86 valence electrons. The van der Waals surface area contributed by atoms with Crippen molar-refractivity contribution in [3.8, 4) is 11.8 Å². The van der Waals surface area contributed by atoms with Gasteiger partial charge in [0.15, 0.2) is 0 Å². The number of hydrogen-bond acceptors (Lipinski definition) is 3. The maximum atomic E-state index is 9.01. The minimum Gasteiger partial charge on any atom is -0.496 e. The largest absolute Gasteiger partial charge is 0.496 e. The molecule has 0 saturated carbocycles. The molecule has 0 amide bonds. The summed E-state index contributed by atoms with van der Waals surface area (Å²) in [6.45, 7) is 1.96. The lowest BCUT2D eigenvalue weighted by Crippen LogP contribution is -2.20. The zero-order valence-corrected chi connectivity index (χ0v) is 11.0. The smallest absolute Gasteiger partial charge is 0.123 e. The van der Waals surface area contributed by atoms with Crippen LogP contribution in [0, 0.1) is 17.2 Å². The van der Waals surface area contributed by atoms with Crippen LogP contribution < -0.4 is 10.5 Å². The maximum Gasteiger partial charge on any atom is 0.123 e. The molecule has 0 aliphatic rings. The molecule has 1 rings (SSSR count). The van der Waals surface area contributed by atoms with Crippen molar-refractivity contribution < 1.29 is 4.74 Å². The van der Waals surface area contributed by atoms with Gasteiger partial charge in [-0.05, 0) is 24.6 Å². The first-order valence-electron chi connectivity index (χ1n) is 5.12. The van der Waals surface area contributed by atoms with E-state index in [1.165, 1.54) is 0 Å². The number of nitriles is 1. The maximum absolute atomic E-state index is 9.01. The van der Waals surface area contributed by atoms with Crippen molar-refractivity contribution in [3.63, 3.8) is 0 Å². The standard InChI is InChI=1S/C12H15BrN2O/c1-3-8(7-14)12(15)10-6-9(13)4-5-11(10)16-2/h4-6,8,12H,3,15H2,1-2H3. The average Bonchev–Trinajstić information content (AvgIpc) is 2.30.